The molecule has 1 aliphatic rings. The quantitative estimate of drug-likeness (QED) is 0.788. The van der Waals surface area contributed by atoms with Crippen molar-refractivity contribution in [2.24, 2.45) is 5.92 Å². The third kappa shape index (κ3) is 3.09. The van der Waals surface area contributed by atoms with Gasteiger partial charge >= 0.3 is 0 Å². The van der Waals surface area contributed by atoms with E-state index in [1.807, 2.05) is 13.0 Å². The van der Waals surface area contributed by atoms with Crippen LogP contribution < -0.4 is 5.32 Å². The summed E-state index contributed by atoms with van der Waals surface area (Å²) >= 11 is 0. The summed E-state index contributed by atoms with van der Waals surface area (Å²) < 4.78 is 0. The van der Waals surface area contributed by atoms with Gasteiger partial charge in [-0.05, 0) is 53.0 Å². The van der Waals surface area contributed by atoms with E-state index in [1.54, 1.807) is 24.3 Å². The molecule has 0 fully saturated rings. The molecule has 3 rings (SSSR count). The maximum atomic E-state index is 13.0. The lowest BCUT2D eigenvalue weighted by molar-refractivity contribution is 0.0954. The Bertz CT molecular complexity index is 891. The highest BCUT2D eigenvalue weighted by atomic mass is 16.1. The number of nitrogens with one attached hydrogen (secondary N) is 1. The highest BCUT2D eigenvalue weighted by Gasteiger charge is 2.48. The van der Waals surface area contributed by atoms with E-state index in [0.29, 0.717) is 29.2 Å². The van der Waals surface area contributed by atoms with Gasteiger partial charge in [0.15, 0.2) is 5.78 Å². The lowest BCUT2D eigenvalue weighted by Gasteiger charge is -2.32. The molecule has 0 radical (unpaired) electrons. The zero-order chi connectivity index (χ0) is 20.0. The Balaban J connectivity index is 1.94. The van der Waals surface area contributed by atoms with Gasteiger partial charge in [-0.15, -0.1) is 0 Å². The van der Waals surface area contributed by atoms with Crippen molar-refractivity contribution < 1.29 is 9.59 Å². The second kappa shape index (κ2) is 6.63. The van der Waals surface area contributed by atoms with Gasteiger partial charge in [0.25, 0.3) is 5.91 Å². The molecule has 0 spiro atoms. The molecule has 2 aromatic rings. The number of rotatable bonds is 4. The molecule has 27 heavy (non-hydrogen) atoms. The van der Waals surface area contributed by atoms with Crippen LogP contribution in [0.4, 0.5) is 0 Å². The number of ketones is 1. The van der Waals surface area contributed by atoms with Gasteiger partial charge in [-0.2, -0.15) is 0 Å². The average molecular weight is 364 g/mol. The molecule has 3 heteroatoms. The topological polar surface area (TPSA) is 46.2 Å². The standard InChI is InChI=1S/C24H29NO2/c1-7-25-22(27)17-10-8-16(9-11-17)21(26)18-12-13-19-20(14-18)24(5,6)15(2)23(19,3)4/h8-15H,7H2,1-6H3,(H,25,27). The number of carbonyl (C=O) groups excluding carboxylic acids is 2. The zero-order valence-corrected chi connectivity index (χ0v) is 17.1. The first-order valence-corrected chi connectivity index (χ1v) is 9.68. The summed E-state index contributed by atoms with van der Waals surface area (Å²) in [6.07, 6.45) is 0. The highest BCUT2D eigenvalue weighted by molar-refractivity contribution is 6.09. The molecule has 1 amide bonds. The molecule has 142 valence electrons. The van der Waals surface area contributed by atoms with E-state index < -0.39 is 0 Å². The first-order chi connectivity index (χ1) is 12.6. The minimum absolute atomic E-state index is 0.00610. The van der Waals surface area contributed by atoms with Gasteiger partial charge in [0.2, 0.25) is 0 Å². The van der Waals surface area contributed by atoms with Gasteiger partial charge in [-0.1, -0.05) is 58.9 Å². The number of hydrogen-bond acceptors (Lipinski definition) is 2. The molecule has 0 bridgehead atoms. The summed E-state index contributed by atoms with van der Waals surface area (Å²) in [4.78, 5) is 24.9. The fourth-order valence-electron chi connectivity index (χ4n) is 4.35. The van der Waals surface area contributed by atoms with Crippen molar-refractivity contribution in [1.29, 1.82) is 0 Å². The van der Waals surface area contributed by atoms with E-state index in [9.17, 15) is 9.59 Å². The normalized spacial score (nSPS) is 19.4. The number of amides is 1. The fourth-order valence-corrected chi connectivity index (χ4v) is 4.35. The van der Waals surface area contributed by atoms with Crippen LogP contribution in [0.25, 0.3) is 0 Å². The van der Waals surface area contributed by atoms with Gasteiger partial charge in [0, 0.05) is 23.2 Å². The van der Waals surface area contributed by atoms with Crippen LogP contribution in [0.3, 0.4) is 0 Å². The van der Waals surface area contributed by atoms with E-state index in [1.165, 1.54) is 11.1 Å². The van der Waals surface area contributed by atoms with Crippen LogP contribution in [0.5, 0.6) is 0 Å². The molecule has 1 N–H and O–H groups in total. The molecule has 0 aromatic heterocycles. The minimum atomic E-state index is -0.119. The molecule has 0 saturated heterocycles. The Hall–Kier alpha value is -2.42. The monoisotopic (exact) mass is 363 g/mol. The lowest BCUT2D eigenvalue weighted by atomic mass is 9.71. The second-order valence-corrected chi connectivity index (χ2v) is 8.69. The lowest BCUT2D eigenvalue weighted by Crippen LogP contribution is -2.30. The van der Waals surface area contributed by atoms with Crippen LogP contribution >= 0.6 is 0 Å². The smallest absolute Gasteiger partial charge is 0.251 e. The summed E-state index contributed by atoms with van der Waals surface area (Å²) in [6.45, 7) is 13.9. The van der Waals surface area contributed by atoms with Gasteiger partial charge in [-0.25, -0.2) is 0 Å². The second-order valence-electron chi connectivity index (χ2n) is 8.69. The summed E-state index contributed by atoms with van der Waals surface area (Å²) in [6, 6.07) is 13.0. The van der Waals surface area contributed by atoms with E-state index in [2.05, 4.69) is 52.1 Å². The third-order valence-corrected chi connectivity index (χ3v) is 6.58. The Kier molecular flexibility index (Phi) is 4.75. The van der Waals surface area contributed by atoms with Gasteiger partial charge < -0.3 is 5.32 Å². The molecule has 3 nitrogen and oxygen atoms in total. The zero-order valence-electron chi connectivity index (χ0n) is 17.1. The van der Waals surface area contributed by atoms with E-state index in [0.717, 1.165) is 0 Å². The van der Waals surface area contributed by atoms with E-state index in [4.69, 9.17) is 0 Å². The molecule has 0 aliphatic heterocycles. The molecule has 1 aliphatic carbocycles. The summed E-state index contributed by atoms with van der Waals surface area (Å²) in [5.74, 6) is 0.363. The van der Waals surface area contributed by atoms with Crippen molar-refractivity contribution in [3.63, 3.8) is 0 Å². The Morgan fingerprint density at radius 3 is 1.96 bits per heavy atom. The van der Waals surface area contributed by atoms with Gasteiger partial charge in [0.05, 0.1) is 0 Å². The number of carbonyl (C=O) groups is 2. The van der Waals surface area contributed by atoms with Gasteiger partial charge in [-0.3, -0.25) is 9.59 Å². The van der Waals surface area contributed by atoms with Gasteiger partial charge in [0.1, 0.15) is 0 Å². The van der Waals surface area contributed by atoms with Crippen molar-refractivity contribution in [3.05, 3.63) is 70.3 Å². The Morgan fingerprint density at radius 1 is 0.852 bits per heavy atom. The number of benzene rings is 2. The van der Waals surface area contributed by atoms with Crippen LogP contribution in [0, 0.1) is 5.92 Å². The van der Waals surface area contributed by atoms with Crippen molar-refractivity contribution in [2.75, 3.05) is 6.54 Å². The van der Waals surface area contributed by atoms with Crippen LogP contribution in [-0.2, 0) is 10.8 Å². The molecular formula is C24H29NO2. The number of fused-ring (bicyclic) bond motifs is 1. The Morgan fingerprint density at radius 2 is 1.37 bits per heavy atom. The van der Waals surface area contributed by atoms with E-state index >= 15 is 0 Å². The summed E-state index contributed by atoms with van der Waals surface area (Å²) in [7, 11) is 0. The SMILES string of the molecule is CCNC(=O)c1ccc(C(=O)c2ccc3c(c2)C(C)(C)C(C)C3(C)C)cc1. The molecule has 1 atom stereocenters. The first-order valence-electron chi connectivity index (χ1n) is 9.68. The van der Waals surface area contributed by atoms with Crippen LogP contribution in [0.15, 0.2) is 42.5 Å². The maximum absolute atomic E-state index is 13.0. The first kappa shape index (κ1) is 19.3. The van der Waals surface area contributed by atoms with Crippen LogP contribution in [0.1, 0.15) is 78.9 Å². The van der Waals surface area contributed by atoms with Crippen LogP contribution in [-0.4, -0.2) is 18.2 Å². The Labute approximate surface area is 162 Å². The summed E-state index contributed by atoms with van der Waals surface area (Å²) in [5, 5.41) is 2.77. The third-order valence-electron chi connectivity index (χ3n) is 6.58. The average Bonchev–Trinajstić information content (AvgIpc) is 2.79. The summed E-state index contributed by atoms with van der Waals surface area (Å²) in [5.41, 5.74) is 4.60. The fraction of sp³-hybridized carbons (Fsp3) is 0.417. The van der Waals surface area contributed by atoms with Crippen molar-refractivity contribution in [2.45, 2.75) is 52.4 Å². The molecule has 1 unspecified atom stereocenters. The molecule has 2 aromatic carbocycles. The van der Waals surface area contributed by atoms with E-state index in [-0.39, 0.29) is 22.5 Å². The van der Waals surface area contributed by atoms with Crippen molar-refractivity contribution >= 4 is 11.7 Å². The predicted octanol–water partition coefficient (Wildman–Crippen LogP) is 4.87. The van der Waals surface area contributed by atoms with Crippen molar-refractivity contribution in [1.82, 2.24) is 5.32 Å². The molecule has 0 saturated carbocycles. The highest BCUT2D eigenvalue weighted by Crippen LogP contribution is 2.53. The number of hydrogen-bond donors (Lipinski definition) is 1. The largest absolute Gasteiger partial charge is 0.352 e. The predicted molar refractivity (Wildman–Crippen MR) is 110 cm³/mol. The molecular weight excluding hydrogens is 334 g/mol. The molecule has 0 heterocycles. The van der Waals surface area contributed by atoms with Crippen molar-refractivity contribution in [3.8, 4) is 0 Å². The minimum Gasteiger partial charge on any atom is -0.352 e. The maximum Gasteiger partial charge on any atom is 0.251 e. The van der Waals surface area contributed by atoms with Crippen LogP contribution in [0.2, 0.25) is 0 Å².